The van der Waals surface area contributed by atoms with Crippen LogP contribution in [-0.2, 0) is 14.3 Å². The summed E-state index contributed by atoms with van der Waals surface area (Å²) in [6, 6.07) is 7.20. The smallest absolute Gasteiger partial charge is 0.350 e. The summed E-state index contributed by atoms with van der Waals surface area (Å²) in [5, 5.41) is 0. The number of esters is 2. The molecule has 0 radical (unpaired) electrons. The lowest BCUT2D eigenvalue weighted by Crippen LogP contribution is -2.46. The largest absolute Gasteiger partial charge is 0.466 e. The average Bonchev–Trinajstić information content (AvgIpc) is 2.80. The summed E-state index contributed by atoms with van der Waals surface area (Å²) in [6.45, 7) is 3.77. The molecule has 2 rings (SSSR count). The molecule has 4 heteroatoms. The van der Waals surface area contributed by atoms with Gasteiger partial charge in [-0.1, -0.05) is 25.1 Å². The molecule has 4 nitrogen and oxygen atoms in total. The second-order valence-electron chi connectivity index (χ2n) is 5.38. The van der Waals surface area contributed by atoms with Crippen LogP contribution in [-0.4, -0.2) is 24.6 Å². The average molecular weight is 276 g/mol. The second-order valence-corrected chi connectivity index (χ2v) is 5.38. The first-order chi connectivity index (χ1) is 9.51. The fourth-order valence-corrected chi connectivity index (χ4v) is 2.84. The maximum atomic E-state index is 12.4. The molecule has 0 bridgehead atoms. The normalized spacial score (nSPS) is 25.2. The molecular formula is C16H20O4. The number of carbonyl (C=O) groups is 2. The fraction of sp³-hybridized carbons (Fsp3) is 0.500. The maximum Gasteiger partial charge on any atom is 0.350 e. The van der Waals surface area contributed by atoms with Gasteiger partial charge in [0.15, 0.2) is 0 Å². The van der Waals surface area contributed by atoms with Crippen molar-refractivity contribution in [3.63, 3.8) is 0 Å². The third kappa shape index (κ3) is 2.42. The van der Waals surface area contributed by atoms with E-state index in [2.05, 4.69) is 0 Å². The number of rotatable bonds is 3. The van der Waals surface area contributed by atoms with Gasteiger partial charge in [0, 0.05) is 5.92 Å². The zero-order valence-corrected chi connectivity index (χ0v) is 12.1. The Morgan fingerprint density at radius 2 is 2.00 bits per heavy atom. The number of aryl methyl sites for hydroxylation is 1. The Morgan fingerprint density at radius 1 is 1.30 bits per heavy atom. The van der Waals surface area contributed by atoms with Crippen LogP contribution >= 0.6 is 0 Å². The highest BCUT2D eigenvalue weighted by Crippen LogP contribution is 2.40. The van der Waals surface area contributed by atoms with Gasteiger partial charge in [0.2, 0.25) is 5.60 Å². The zero-order valence-electron chi connectivity index (χ0n) is 12.1. The molecule has 1 aromatic rings. The van der Waals surface area contributed by atoms with Gasteiger partial charge in [0.1, 0.15) is 0 Å². The van der Waals surface area contributed by atoms with Gasteiger partial charge in [-0.15, -0.1) is 0 Å². The Labute approximate surface area is 119 Å². The van der Waals surface area contributed by atoms with E-state index >= 15 is 0 Å². The molecule has 0 heterocycles. The van der Waals surface area contributed by atoms with Gasteiger partial charge < -0.3 is 9.47 Å². The fourth-order valence-electron chi connectivity index (χ4n) is 2.84. The number of hydrogen-bond acceptors (Lipinski definition) is 4. The summed E-state index contributed by atoms with van der Waals surface area (Å²) in [7, 11) is 1.33. The van der Waals surface area contributed by atoms with Crippen molar-refractivity contribution < 1.29 is 19.1 Å². The van der Waals surface area contributed by atoms with Crippen LogP contribution in [0.4, 0.5) is 0 Å². The van der Waals surface area contributed by atoms with Crippen LogP contribution in [0.3, 0.4) is 0 Å². The molecule has 0 spiro atoms. The molecule has 1 saturated carbocycles. The van der Waals surface area contributed by atoms with Gasteiger partial charge in [-0.2, -0.15) is 0 Å². The van der Waals surface area contributed by atoms with E-state index in [0.29, 0.717) is 12.0 Å². The summed E-state index contributed by atoms with van der Waals surface area (Å²) in [5.74, 6) is -0.936. The molecule has 108 valence electrons. The molecular weight excluding hydrogens is 256 g/mol. The maximum absolute atomic E-state index is 12.4. The van der Waals surface area contributed by atoms with E-state index in [4.69, 9.17) is 9.47 Å². The minimum atomic E-state index is -1.13. The zero-order chi connectivity index (χ0) is 14.8. The van der Waals surface area contributed by atoms with E-state index in [1.54, 1.807) is 12.1 Å². The standard InChI is InChI=1S/C16H20O4/c1-11-7-4-5-9-13(11)14(17)20-16(15(18)19-3)10-6-8-12(16)2/h4-5,7,9,12H,6,8,10H2,1-3H3. The SMILES string of the molecule is COC(=O)C1(OC(=O)c2ccccc2C)CCCC1C. The first kappa shape index (κ1) is 14.6. The van der Waals surface area contributed by atoms with Crippen LogP contribution < -0.4 is 0 Å². The third-order valence-corrected chi connectivity index (χ3v) is 4.15. The monoisotopic (exact) mass is 276 g/mol. The lowest BCUT2D eigenvalue weighted by Gasteiger charge is -2.30. The van der Waals surface area contributed by atoms with Crippen LogP contribution in [0.5, 0.6) is 0 Å². The van der Waals surface area contributed by atoms with Crippen molar-refractivity contribution in [2.75, 3.05) is 7.11 Å². The van der Waals surface area contributed by atoms with Gasteiger partial charge in [-0.25, -0.2) is 9.59 Å². The van der Waals surface area contributed by atoms with Crippen molar-refractivity contribution in [2.24, 2.45) is 5.92 Å². The quantitative estimate of drug-likeness (QED) is 0.797. The highest BCUT2D eigenvalue weighted by Gasteiger charge is 2.51. The van der Waals surface area contributed by atoms with Gasteiger partial charge in [0.25, 0.3) is 0 Å². The molecule has 1 aliphatic carbocycles. The Bertz CT molecular complexity index is 523. The predicted molar refractivity (Wildman–Crippen MR) is 74.4 cm³/mol. The first-order valence-electron chi connectivity index (χ1n) is 6.88. The van der Waals surface area contributed by atoms with Crippen LogP contribution in [0.25, 0.3) is 0 Å². The van der Waals surface area contributed by atoms with Crippen LogP contribution in [0.15, 0.2) is 24.3 Å². The summed E-state index contributed by atoms with van der Waals surface area (Å²) in [5.41, 5.74) is 0.201. The van der Waals surface area contributed by atoms with E-state index in [9.17, 15) is 9.59 Å². The van der Waals surface area contributed by atoms with E-state index in [1.807, 2.05) is 26.0 Å². The molecule has 0 saturated heterocycles. The van der Waals surface area contributed by atoms with Crippen molar-refractivity contribution in [2.45, 2.75) is 38.7 Å². The topological polar surface area (TPSA) is 52.6 Å². The van der Waals surface area contributed by atoms with E-state index in [-0.39, 0.29) is 5.92 Å². The molecule has 0 N–H and O–H groups in total. The molecule has 1 fully saturated rings. The summed E-state index contributed by atoms with van der Waals surface area (Å²) in [6.07, 6.45) is 2.24. The molecule has 1 aromatic carbocycles. The van der Waals surface area contributed by atoms with Crippen molar-refractivity contribution in [1.29, 1.82) is 0 Å². The van der Waals surface area contributed by atoms with E-state index < -0.39 is 17.5 Å². The van der Waals surface area contributed by atoms with Crippen LogP contribution in [0.2, 0.25) is 0 Å². The Kier molecular flexibility index (Phi) is 4.12. The molecule has 2 unspecified atom stereocenters. The number of benzene rings is 1. The number of hydrogen-bond donors (Lipinski definition) is 0. The van der Waals surface area contributed by atoms with Gasteiger partial charge >= 0.3 is 11.9 Å². The summed E-state index contributed by atoms with van der Waals surface area (Å²) < 4.78 is 10.5. The van der Waals surface area contributed by atoms with Crippen molar-refractivity contribution >= 4 is 11.9 Å². The Morgan fingerprint density at radius 3 is 2.55 bits per heavy atom. The molecule has 1 aliphatic rings. The summed E-state index contributed by atoms with van der Waals surface area (Å²) >= 11 is 0. The first-order valence-corrected chi connectivity index (χ1v) is 6.88. The van der Waals surface area contributed by atoms with Crippen LogP contribution in [0.1, 0.15) is 42.1 Å². The van der Waals surface area contributed by atoms with Crippen LogP contribution in [0, 0.1) is 12.8 Å². The van der Waals surface area contributed by atoms with E-state index in [1.165, 1.54) is 7.11 Å². The number of ether oxygens (including phenoxy) is 2. The molecule has 0 amide bonds. The lowest BCUT2D eigenvalue weighted by atomic mass is 9.92. The lowest BCUT2D eigenvalue weighted by molar-refractivity contribution is -0.166. The molecule has 0 aromatic heterocycles. The van der Waals surface area contributed by atoms with Crippen molar-refractivity contribution in [3.8, 4) is 0 Å². The summed E-state index contributed by atoms with van der Waals surface area (Å²) in [4.78, 5) is 24.5. The second kappa shape index (κ2) is 5.65. The highest BCUT2D eigenvalue weighted by atomic mass is 16.6. The van der Waals surface area contributed by atoms with Crippen molar-refractivity contribution in [1.82, 2.24) is 0 Å². The number of carbonyl (C=O) groups excluding carboxylic acids is 2. The third-order valence-electron chi connectivity index (χ3n) is 4.15. The minimum absolute atomic E-state index is 0.0251. The Hall–Kier alpha value is -1.84. The van der Waals surface area contributed by atoms with E-state index in [0.717, 1.165) is 18.4 Å². The Balaban J connectivity index is 2.28. The highest BCUT2D eigenvalue weighted by molar-refractivity contribution is 5.94. The number of methoxy groups -OCH3 is 1. The van der Waals surface area contributed by atoms with Gasteiger partial charge in [-0.3, -0.25) is 0 Å². The van der Waals surface area contributed by atoms with Gasteiger partial charge in [-0.05, 0) is 37.8 Å². The minimum Gasteiger partial charge on any atom is -0.466 e. The van der Waals surface area contributed by atoms with Crippen molar-refractivity contribution in [3.05, 3.63) is 35.4 Å². The van der Waals surface area contributed by atoms with Gasteiger partial charge in [0.05, 0.1) is 12.7 Å². The molecule has 0 aliphatic heterocycles. The molecule has 20 heavy (non-hydrogen) atoms. The molecule has 2 atom stereocenters. The predicted octanol–water partition coefficient (Wildman–Crippen LogP) is 2.88.